The zero-order valence-electron chi connectivity index (χ0n) is 14.8. The van der Waals surface area contributed by atoms with E-state index in [0.717, 1.165) is 11.1 Å². The molecule has 2 aromatic carbocycles. The average Bonchev–Trinajstić information content (AvgIpc) is 2.65. The van der Waals surface area contributed by atoms with Crippen LogP contribution in [0.4, 0.5) is 4.39 Å². The third kappa shape index (κ3) is 5.82. The molecule has 0 atom stereocenters. The van der Waals surface area contributed by atoms with Crippen molar-refractivity contribution >= 4 is 16.0 Å². The van der Waals surface area contributed by atoms with Gasteiger partial charge in [0.05, 0.1) is 4.90 Å². The van der Waals surface area contributed by atoms with E-state index in [-0.39, 0.29) is 10.7 Å². The zero-order valence-corrected chi connectivity index (χ0v) is 15.6. The second-order valence-corrected chi connectivity index (χ2v) is 7.47. The quantitative estimate of drug-likeness (QED) is 0.505. The molecule has 2 rings (SSSR count). The van der Waals surface area contributed by atoms with Crippen molar-refractivity contribution in [2.75, 3.05) is 20.6 Å². The molecule has 0 aromatic heterocycles. The van der Waals surface area contributed by atoms with Crippen LogP contribution in [-0.4, -0.2) is 35.0 Å². The Kier molecular flexibility index (Phi) is 7.11. The normalized spacial score (nSPS) is 12.0. The maximum atomic E-state index is 13.2. The fourth-order valence-electron chi connectivity index (χ4n) is 2.36. The lowest BCUT2D eigenvalue weighted by Gasteiger charge is -2.12. The Labute approximate surface area is 153 Å². The number of hydrogen-bond donors (Lipinski definition) is 3. The maximum absolute atomic E-state index is 13.2. The van der Waals surface area contributed by atoms with Crippen molar-refractivity contribution in [3.05, 3.63) is 65.5 Å². The van der Waals surface area contributed by atoms with Gasteiger partial charge in [-0.1, -0.05) is 24.3 Å². The lowest BCUT2D eigenvalue weighted by atomic mass is 10.1. The molecule has 0 spiro atoms. The van der Waals surface area contributed by atoms with Gasteiger partial charge in [0.1, 0.15) is 5.82 Å². The molecule has 0 bridgehead atoms. The van der Waals surface area contributed by atoms with Crippen LogP contribution in [0.1, 0.15) is 11.1 Å². The van der Waals surface area contributed by atoms with Crippen molar-refractivity contribution in [2.24, 2.45) is 4.99 Å². The molecule has 3 N–H and O–H groups in total. The second kappa shape index (κ2) is 9.30. The molecule has 0 fully saturated rings. The molecule has 0 aliphatic carbocycles. The molecule has 0 amide bonds. The van der Waals surface area contributed by atoms with E-state index >= 15 is 0 Å². The second-order valence-electron chi connectivity index (χ2n) is 5.59. The third-order valence-electron chi connectivity index (χ3n) is 3.76. The molecule has 6 nitrogen and oxygen atoms in total. The fraction of sp³-hybridized carbons (Fsp3) is 0.278. The van der Waals surface area contributed by atoms with E-state index < -0.39 is 10.0 Å². The van der Waals surface area contributed by atoms with Gasteiger partial charge in [-0.3, -0.25) is 4.99 Å². The smallest absolute Gasteiger partial charge is 0.240 e. The first-order valence-electron chi connectivity index (χ1n) is 8.16. The van der Waals surface area contributed by atoms with Gasteiger partial charge in [-0.15, -0.1) is 0 Å². The van der Waals surface area contributed by atoms with E-state index in [1.807, 2.05) is 12.1 Å². The molecule has 2 aromatic rings. The average molecular weight is 378 g/mol. The van der Waals surface area contributed by atoms with Crippen LogP contribution in [0.2, 0.25) is 0 Å². The molecular weight excluding hydrogens is 355 g/mol. The van der Waals surface area contributed by atoms with Crippen LogP contribution in [0.25, 0.3) is 0 Å². The summed E-state index contributed by atoms with van der Waals surface area (Å²) in [6, 6.07) is 13.2. The highest BCUT2D eigenvalue weighted by Crippen LogP contribution is 2.11. The first-order valence-corrected chi connectivity index (χ1v) is 9.64. The van der Waals surface area contributed by atoms with E-state index in [1.54, 1.807) is 31.3 Å². The van der Waals surface area contributed by atoms with Gasteiger partial charge in [0.2, 0.25) is 10.0 Å². The molecule has 0 aliphatic rings. The van der Waals surface area contributed by atoms with E-state index in [4.69, 9.17) is 0 Å². The SMILES string of the molecule is CN=C(NCCc1cccc(F)c1)NCc1cccc(S(=O)(=O)NC)c1. The van der Waals surface area contributed by atoms with Crippen LogP contribution in [-0.2, 0) is 23.0 Å². The Balaban J connectivity index is 1.88. The van der Waals surface area contributed by atoms with Crippen molar-refractivity contribution in [1.29, 1.82) is 0 Å². The lowest BCUT2D eigenvalue weighted by molar-refractivity contribution is 0.588. The van der Waals surface area contributed by atoms with E-state index in [0.29, 0.717) is 25.5 Å². The molecule has 26 heavy (non-hydrogen) atoms. The Morgan fingerprint density at radius 1 is 1.08 bits per heavy atom. The van der Waals surface area contributed by atoms with Crippen molar-refractivity contribution in [3.63, 3.8) is 0 Å². The van der Waals surface area contributed by atoms with E-state index in [2.05, 4.69) is 20.3 Å². The molecule has 0 aliphatic heterocycles. The summed E-state index contributed by atoms with van der Waals surface area (Å²) in [5.41, 5.74) is 1.72. The monoisotopic (exact) mass is 378 g/mol. The van der Waals surface area contributed by atoms with Gasteiger partial charge in [0.15, 0.2) is 5.96 Å². The highest BCUT2D eigenvalue weighted by molar-refractivity contribution is 7.89. The summed E-state index contributed by atoms with van der Waals surface area (Å²) in [4.78, 5) is 4.35. The highest BCUT2D eigenvalue weighted by atomic mass is 32.2. The minimum absolute atomic E-state index is 0.216. The van der Waals surface area contributed by atoms with Gasteiger partial charge in [-0.2, -0.15) is 0 Å². The van der Waals surface area contributed by atoms with Crippen LogP contribution in [0.15, 0.2) is 58.4 Å². The Morgan fingerprint density at radius 2 is 1.81 bits per heavy atom. The highest BCUT2D eigenvalue weighted by Gasteiger charge is 2.11. The molecule has 140 valence electrons. The minimum Gasteiger partial charge on any atom is -0.356 e. The fourth-order valence-corrected chi connectivity index (χ4v) is 3.16. The topological polar surface area (TPSA) is 82.6 Å². The molecule has 0 heterocycles. The molecule has 0 unspecified atom stereocenters. The van der Waals surface area contributed by atoms with Crippen molar-refractivity contribution in [2.45, 2.75) is 17.9 Å². The number of sulfonamides is 1. The number of benzene rings is 2. The summed E-state index contributed by atoms with van der Waals surface area (Å²) >= 11 is 0. The predicted octanol–water partition coefficient (Wildman–Crippen LogP) is 1.64. The Hall–Kier alpha value is -2.45. The van der Waals surface area contributed by atoms with Crippen molar-refractivity contribution < 1.29 is 12.8 Å². The lowest BCUT2D eigenvalue weighted by Crippen LogP contribution is -2.37. The predicted molar refractivity (Wildman–Crippen MR) is 101 cm³/mol. The minimum atomic E-state index is -3.47. The summed E-state index contributed by atoms with van der Waals surface area (Å²) in [7, 11) is -0.436. The summed E-state index contributed by atoms with van der Waals surface area (Å²) < 4.78 is 39.2. The molecule has 0 saturated carbocycles. The maximum Gasteiger partial charge on any atom is 0.240 e. The summed E-state index contributed by atoms with van der Waals surface area (Å²) in [6.07, 6.45) is 0.661. The summed E-state index contributed by atoms with van der Waals surface area (Å²) in [5.74, 6) is 0.338. The molecule has 0 saturated heterocycles. The van der Waals surface area contributed by atoms with Gasteiger partial charge in [0, 0.05) is 20.1 Å². The van der Waals surface area contributed by atoms with E-state index in [9.17, 15) is 12.8 Å². The van der Waals surface area contributed by atoms with E-state index in [1.165, 1.54) is 19.2 Å². The number of halogens is 1. The molecule has 0 radical (unpaired) electrons. The zero-order chi connectivity index (χ0) is 19.0. The number of aliphatic imine (C=N–C) groups is 1. The number of nitrogens with zero attached hydrogens (tertiary/aromatic N) is 1. The molecule has 8 heteroatoms. The third-order valence-corrected chi connectivity index (χ3v) is 5.17. The summed E-state index contributed by atoms with van der Waals surface area (Å²) in [6.45, 7) is 1.02. The van der Waals surface area contributed by atoms with Crippen LogP contribution in [0, 0.1) is 5.82 Å². The van der Waals surface area contributed by atoms with Gasteiger partial charge < -0.3 is 10.6 Å². The van der Waals surface area contributed by atoms with Crippen molar-refractivity contribution in [3.8, 4) is 0 Å². The first kappa shape index (κ1) is 19.9. The number of guanidine groups is 1. The van der Waals surface area contributed by atoms with Crippen LogP contribution in [0.5, 0.6) is 0 Å². The molecular formula is C18H23FN4O2S. The van der Waals surface area contributed by atoms with Gasteiger partial charge in [0.25, 0.3) is 0 Å². The van der Waals surface area contributed by atoms with Gasteiger partial charge in [-0.25, -0.2) is 17.5 Å². The standard InChI is InChI=1S/C18H23FN4O2S/c1-20-18(22-10-9-14-5-3-7-16(19)11-14)23-13-15-6-4-8-17(12-15)26(24,25)21-2/h3-8,11-12,21H,9-10,13H2,1-2H3,(H2,20,22,23). The Bertz CT molecular complexity index is 869. The number of rotatable bonds is 7. The first-order chi connectivity index (χ1) is 12.4. The van der Waals surface area contributed by atoms with Gasteiger partial charge >= 0.3 is 0 Å². The number of nitrogens with one attached hydrogen (secondary N) is 3. The largest absolute Gasteiger partial charge is 0.356 e. The van der Waals surface area contributed by atoms with Gasteiger partial charge in [-0.05, 0) is 48.9 Å². The van der Waals surface area contributed by atoms with Crippen LogP contribution < -0.4 is 15.4 Å². The summed E-state index contributed by atoms with van der Waals surface area (Å²) in [5, 5.41) is 6.28. The Morgan fingerprint density at radius 3 is 2.50 bits per heavy atom. The number of hydrogen-bond acceptors (Lipinski definition) is 3. The van der Waals surface area contributed by atoms with Crippen LogP contribution >= 0.6 is 0 Å². The van der Waals surface area contributed by atoms with Crippen LogP contribution in [0.3, 0.4) is 0 Å². The van der Waals surface area contributed by atoms with Crippen molar-refractivity contribution in [1.82, 2.24) is 15.4 Å².